The molecule has 2 aliphatic rings. The summed E-state index contributed by atoms with van der Waals surface area (Å²) >= 11 is 0. The van der Waals surface area contributed by atoms with Crippen LogP contribution < -0.4 is 11.3 Å². The van der Waals surface area contributed by atoms with Crippen molar-refractivity contribution in [3.63, 3.8) is 0 Å². The fraction of sp³-hybridized carbons (Fsp3) is 0.333. The van der Waals surface area contributed by atoms with Crippen molar-refractivity contribution in [2.24, 2.45) is 11.7 Å². The fourth-order valence-electron chi connectivity index (χ4n) is 5.53. The van der Waals surface area contributed by atoms with Crippen molar-refractivity contribution in [1.29, 1.82) is 0 Å². The molecule has 3 aromatic rings. The van der Waals surface area contributed by atoms with E-state index in [9.17, 15) is 9.59 Å². The third-order valence-electron chi connectivity index (χ3n) is 7.01. The summed E-state index contributed by atoms with van der Waals surface area (Å²) in [6.45, 7) is 1.27. The molecular formula is C27H29N3O2. The number of nitrogens with two attached hydrogens (primary N) is 1. The topological polar surface area (TPSA) is 68.3 Å². The highest BCUT2D eigenvalue weighted by Crippen LogP contribution is 2.42. The quantitative estimate of drug-likeness (QED) is 0.680. The Labute approximate surface area is 188 Å². The minimum absolute atomic E-state index is 0.00809. The van der Waals surface area contributed by atoms with Crippen LogP contribution in [0.4, 0.5) is 0 Å². The van der Waals surface area contributed by atoms with Crippen LogP contribution in [-0.4, -0.2) is 34.5 Å². The molecule has 164 valence electrons. The molecule has 2 aliphatic heterocycles. The SMILES string of the molecule is N[C@H](Cc1ccccc1)C(=O)N1C[C@H]2C[C@@H](C1)[C@H](Cc1ccccc1)n1c2cccc1=O. The van der Waals surface area contributed by atoms with Crippen LogP contribution in [0, 0.1) is 5.92 Å². The molecule has 2 aromatic carbocycles. The Kier molecular flexibility index (Phi) is 5.66. The first-order valence-corrected chi connectivity index (χ1v) is 11.4. The summed E-state index contributed by atoms with van der Waals surface area (Å²) < 4.78 is 2.00. The number of hydrogen-bond acceptors (Lipinski definition) is 3. The lowest BCUT2D eigenvalue weighted by Gasteiger charge is -2.47. The van der Waals surface area contributed by atoms with E-state index in [0.29, 0.717) is 19.5 Å². The largest absolute Gasteiger partial charge is 0.340 e. The Bertz CT molecular complexity index is 1140. The second-order valence-corrected chi connectivity index (χ2v) is 9.15. The molecule has 1 fully saturated rings. The summed E-state index contributed by atoms with van der Waals surface area (Å²) in [5.74, 6) is 0.408. The lowest BCUT2D eigenvalue weighted by atomic mass is 9.76. The molecule has 1 aromatic heterocycles. The smallest absolute Gasteiger partial charge is 0.251 e. The molecule has 2 N–H and O–H groups in total. The number of aromatic nitrogens is 1. The zero-order valence-electron chi connectivity index (χ0n) is 18.1. The maximum atomic E-state index is 13.3. The number of benzene rings is 2. The maximum Gasteiger partial charge on any atom is 0.251 e. The Hall–Kier alpha value is -3.18. The summed E-state index contributed by atoms with van der Waals surface area (Å²) in [4.78, 5) is 28.1. The monoisotopic (exact) mass is 427 g/mol. The fourth-order valence-corrected chi connectivity index (χ4v) is 5.53. The van der Waals surface area contributed by atoms with E-state index in [0.717, 1.165) is 24.1 Å². The standard InChI is InChI=1S/C27H29N3O2/c28-23(14-19-8-3-1-4-9-19)27(32)29-17-21-16-22(18-29)25(15-20-10-5-2-6-11-20)30-24(21)12-7-13-26(30)31/h1-13,21-23,25H,14-18,28H2/t21-,22+,23-,25+/m1/s1. The Morgan fingerprint density at radius 1 is 0.906 bits per heavy atom. The average Bonchev–Trinajstić information content (AvgIpc) is 2.82. The minimum Gasteiger partial charge on any atom is -0.340 e. The van der Waals surface area contributed by atoms with Gasteiger partial charge in [-0.05, 0) is 42.4 Å². The summed E-state index contributed by atoms with van der Waals surface area (Å²) in [6.07, 6.45) is 2.32. The summed E-state index contributed by atoms with van der Waals surface area (Å²) in [5, 5.41) is 0. The number of likely N-dealkylation sites (tertiary alicyclic amines) is 1. The second kappa shape index (κ2) is 8.75. The average molecular weight is 428 g/mol. The van der Waals surface area contributed by atoms with Gasteiger partial charge in [0.05, 0.1) is 6.04 Å². The number of fused-ring (bicyclic) bond motifs is 4. The van der Waals surface area contributed by atoms with Crippen LogP contribution in [0.2, 0.25) is 0 Å². The number of amides is 1. The highest BCUT2D eigenvalue weighted by Gasteiger charge is 2.42. The zero-order chi connectivity index (χ0) is 22.1. The van der Waals surface area contributed by atoms with Gasteiger partial charge < -0.3 is 15.2 Å². The van der Waals surface area contributed by atoms with Gasteiger partial charge in [-0.1, -0.05) is 66.7 Å². The number of hydrogen-bond donors (Lipinski definition) is 1. The number of rotatable bonds is 5. The molecule has 5 heteroatoms. The molecule has 5 rings (SSSR count). The number of pyridine rings is 1. The van der Waals surface area contributed by atoms with Gasteiger partial charge >= 0.3 is 0 Å². The van der Waals surface area contributed by atoms with Gasteiger partial charge in [0.2, 0.25) is 5.91 Å². The van der Waals surface area contributed by atoms with E-state index in [2.05, 4.69) is 18.2 Å². The van der Waals surface area contributed by atoms with Gasteiger partial charge in [0, 0.05) is 36.8 Å². The molecule has 2 bridgehead atoms. The predicted octanol–water partition coefficient (Wildman–Crippen LogP) is 3.15. The Morgan fingerprint density at radius 3 is 2.31 bits per heavy atom. The number of carbonyl (C=O) groups is 1. The first-order chi connectivity index (χ1) is 15.6. The van der Waals surface area contributed by atoms with Crippen molar-refractivity contribution in [3.05, 3.63) is 106 Å². The van der Waals surface area contributed by atoms with Gasteiger partial charge in [-0.25, -0.2) is 0 Å². The molecule has 0 spiro atoms. The van der Waals surface area contributed by atoms with E-state index in [4.69, 9.17) is 5.73 Å². The van der Waals surface area contributed by atoms with Crippen LogP contribution in [0.15, 0.2) is 83.7 Å². The van der Waals surface area contributed by atoms with Crippen molar-refractivity contribution >= 4 is 5.91 Å². The van der Waals surface area contributed by atoms with Gasteiger partial charge in [0.1, 0.15) is 0 Å². The van der Waals surface area contributed by atoms with Gasteiger partial charge in [0.25, 0.3) is 5.56 Å². The number of nitrogens with zero attached hydrogens (tertiary/aromatic N) is 2. The molecule has 4 atom stereocenters. The molecule has 1 saturated heterocycles. The third kappa shape index (κ3) is 4.00. The minimum atomic E-state index is -0.554. The van der Waals surface area contributed by atoms with Gasteiger partial charge in [-0.2, -0.15) is 0 Å². The summed E-state index contributed by atoms with van der Waals surface area (Å²) in [7, 11) is 0. The molecule has 0 unspecified atom stereocenters. The molecule has 1 amide bonds. The van der Waals surface area contributed by atoms with Crippen LogP contribution in [0.3, 0.4) is 0 Å². The van der Waals surface area contributed by atoms with Gasteiger partial charge in [0.15, 0.2) is 0 Å². The highest BCUT2D eigenvalue weighted by atomic mass is 16.2. The maximum absolute atomic E-state index is 13.3. The Balaban J connectivity index is 1.42. The van der Waals surface area contributed by atoms with E-state index in [1.165, 1.54) is 5.56 Å². The molecule has 0 aliphatic carbocycles. The van der Waals surface area contributed by atoms with Crippen molar-refractivity contribution in [2.45, 2.75) is 37.3 Å². The number of piperidine rings is 1. The van der Waals surface area contributed by atoms with Crippen molar-refractivity contribution in [3.8, 4) is 0 Å². The molecular weight excluding hydrogens is 398 g/mol. The Morgan fingerprint density at radius 2 is 1.59 bits per heavy atom. The van der Waals surface area contributed by atoms with E-state index in [-0.39, 0.29) is 29.3 Å². The van der Waals surface area contributed by atoms with Crippen LogP contribution in [0.25, 0.3) is 0 Å². The highest BCUT2D eigenvalue weighted by molar-refractivity contribution is 5.82. The van der Waals surface area contributed by atoms with Crippen LogP contribution in [0.1, 0.15) is 35.2 Å². The zero-order valence-corrected chi connectivity index (χ0v) is 18.1. The van der Waals surface area contributed by atoms with E-state index in [1.807, 2.05) is 64.1 Å². The molecule has 0 radical (unpaired) electrons. The van der Waals surface area contributed by atoms with Crippen molar-refractivity contribution < 1.29 is 4.79 Å². The molecule has 32 heavy (non-hydrogen) atoms. The molecule has 5 nitrogen and oxygen atoms in total. The number of carbonyl (C=O) groups excluding carboxylic acids is 1. The first-order valence-electron chi connectivity index (χ1n) is 11.4. The van der Waals surface area contributed by atoms with Gasteiger partial charge in [-0.15, -0.1) is 0 Å². The first kappa shape index (κ1) is 20.7. The normalized spacial score (nSPS) is 22.8. The predicted molar refractivity (Wildman–Crippen MR) is 125 cm³/mol. The van der Waals surface area contributed by atoms with Gasteiger partial charge in [-0.3, -0.25) is 9.59 Å². The van der Waals surface area contributed by atoms with E-state index < -0.39 is 6.04 Å². The van der Waals surface area contributed by atoms with E-state index in [1.54, 1.807) is 6.07 Å². The van der Waals surface area contributed by atoms with E-state index >= 15 is 0 Å². The molecule has 0 saturated carbocycles. The van der Waals surface area contributed by atoms with Crippen molar-refractivity contribution in [2.75, 3.05) is 13.1 Å². The molecule has 3 heterocycles. The lowest BCUT2D eigenvalue weighted by Crippen LogP contribution is -2.55. The van der Waals surface area contributed by atoms with Crippen LogP contribution in [0.5, 0.6) is 0 Å². The lowest BCUT2D eigenvalue weighted by molar-refractivity contribution is -0.135. The second-order valence-electron chi connectivity index (χ2n) is 9.15. The van der Waals surface area contributed by atoms with Crippen molar-refractivity contribution in [1.82, 2.24) is 9.47 Å². The van der Waals surface area contributed by atoms with Crippen LogP contribution >= 0.6 is 0 Å². The van der Waals surface area contributed by atoms with Crippen LogP contribution in [-0.2, 0) is 17.6 Å². The summed E-state index contributed by atoms with van der Waals surface area (Å²) in [6, 6.07) is 25.3. The third-order valence-corrected chi connectivity index (χ3v) is 7.01. The summed E-state index contributed by atoms with van der Waals surface area (Å²) in [5.41, 5.74) is 9.74.